The van der Waals surface area contributed by atoms with Gasteiger partial charge in [0.1, 0.15) is 0 Å². The Bertz CT molecular complexity index is 960. The summed E-state index contributed by atoms with van der Waals surface area (Å²) >= 11 is 0. The topological polar surface area (TPSA) is 122 Å². The lowest BCUT2D eigenvalue weighted by molar-refractivity contribution is -0.134. The molecular weight excluding hydrogens is 548 g/mol. The van der Waals surface area contributed by atoms with Gasteiger partial charge in [-0.05, 0) is 67.6 Å². The fourth-order valence-electron chi connectivity index (χ4n) is 6.73. The SMILES string of the molecule is COCCCOc1cc(C[C@@H](C[C@H](N)[C@@H](O)C[C@H](C(=O)NC2C3COCC2CC(OC)C3)C(C)C)C(C)C)ccc1OC. The maximum Gasteiger partial charge on any atom is 0.223 e. The Hall–Kier alpha value is -1.91. The molecule has 43 heavy (non-hydrogen) atoms. The standard InChI is InChI=1S/C34H58N2O7/c1-21(2)24(13-23-9-10-31(41-7)32(14-23)43-12-8-11-39-5)17-29(35)30(37)18-28(22(3)4)34(38)36-33-25-15-27(40-6)16-26(33)20-42-19-25/h9-10,14,21-22,24-30,33,37H,8,11-13,15-20,35H2,1-7H3,(H,36,38)/t24-,25?,26?,27?,28-,29-,30-,33?/m0/s1. The molecule has 2 fully saturated rings. The van der Waals surface area contributed by atoms with Gasteiger partial charge in [0.05, 0.1) is 39.1 Å². The first-order chi connectivity index (χ1) is 20.6. The third kappa shape index (κ3) is 10.3. The summed E-state index contributed by atoms with van der Waals surface area (Å²) < 4.78 is 28.1. The van der Waals surface area contributed by atoms with Crippen molar-refractivity contribution in [2.24, 2.45) is 41.2 Å². The first-order valence-corrected chi connectivity index (χ1v) is 16.2. The molecule has 0 spiro atoms. The average molecular weight is 607 g/mol. The monoisotopic (exact) mass is 606 g/mol. The number of hydrogen-bond donors (Lipinski definition) is 3. The molecular formula is C34H58N2O7. The molecule has 4 N–H and O–H groups in total. The van der Waals surface area contributed by atoms with Crippen LogP contribution in [-0.2, 0) is 25.4 Å². The number of rotatable bonds is 18. The molecule has 9 nitrogen and oxygen atoms in total. The minimum absolute atomic E-state index is 0.00990. The number of amides is 1. The van der Waals surface area contributed by atoms with Gasteiger partial charge >= 0.3 is 0 Å². The van der Waals surface area contributed by atoms with Gasteiger partial charge < -0.3 is 39.8 Å². The number of aliphatic hydroxyl groups excluding tert-OH is 1. The molecule has 0 aromatic heterocycles. The van der Waals surface area contributed by atoms with Crippen molar-refractivity contribution in [2.45, 2.75) is 90.5 Å². The maximum atomic E-state index is 13.6. The van der Waals surface area contributed by atoms with E-state index in [0.29, 0.717) is 50.9 Å². The Kier molecular flexibility index (Phi) is 14.5. The molecule has 2 aliphatic rings. The third-order valence-corrected chi connectivity index (χ3v) is 9.58. The number of carbonyl (C=O) groups is 1. The second-order valence-electron chi connectivity index (χ2n) is 13.4. The summed E-state index contributed by atoms with van der Waals surface area (Å²) in [5.74, 6) is 2.31. The van der Waals surface area contributed by atoms with E-state index in [1.807, 2.05) is 26.0 Å². The van der Waals surface area contributed by atoms with Crippen LogP contribution >= 0.6 is 0 Å². The largest absolute Gasteiger partial charge is 0.493 e. The van der Waals surface area contributed by atoms with Gasteiger partial charge in [0.25, 0.3) is 0 Å². The van der Waals surface area contributed by atoms with Crippen LogP contribution in [0.4, 0.5) is 0 Å². The highest BCUT2D eigenvalue weighted by Crippen LogP contribution is 2.36. The van der Waals surface area contributed by atoms with Gasteiger partial charge in [-0.1, -0.05) is 33.8 Å². The number of nitrogens with one attached hydrogen (secondary N) is 1. The van der Waals surface area contributed by atoms with Gasteiger partial charge in [0, 0.05) is 57.1 Å². The molecule has 1 aliphatic heterocycles. The Balaban J connectivity index is 1.60. The van der Waals surface area contributed by atoms with Gasteiger partial charge in [-0.25, -0.2) is 0 Å². The predicted octanol–water partition coefficient (Wildman–Crippen LogP) is 4.22. The highest BCUT2D eigenvalue weighted by Gasteiger charge is 2.43. The molecule has 1 aromatic carbocycles. The molecule has 1 amide bonds. The van der Waals surface area contributed by atoms with Gasteiger partial charge in [0.2, 0.25) is 5.91 Å². The van der Waals surface area contributed by atoms with Crippen molar-refractivity contribution in [3.05, 3.63) is 23.8 Å². The number of benzene rings is 1. The van der Waals surface area contributed by atoms with Crippen LogP contribution in [0.3, 0.4) is 0 Å². The number of methoxy groups -OCH3 is 3. The van der Waals surface area contributed by atoms with Crippen LogP contribution in [0.25, 0.3) is 0 Å². The van der Waals surface area contributed by atoms with Crippen LogP contribution in [0.15, 0.2) is 18.2 Å². The first-order valence-electron chi connectivity index (χ1n) is 16.2. The molecule has 2 bridgehead atoms. The minimum atomic E-state index is -0.776. The van der Waals surface area contributed by atoms with E-state index in [4.69, 9.17) is 29.4 Å². The highest BCUT2D eigenvalue weighted by atomic mass is 16.5. The Morgan fingerprint density at radius 2 is 1.72 bits per heavy atom. The number of fused-ring (bicyclic) bond motifs is 2. The smallest absolute Gasteiger partial charge is 0.223 e. The van der Waals surface area contributed by atoms with E-state index in [2.05, 4.69) is 25.2 Å². The summed E-state index contributed by atoms with van der Waals surface area (Å²) in [5, 5.41) is 14.6. The molecule has 1 aromatic rings. The fourth-order valence-corrected chi connectivity index (χ4v) is 6.73. The van der Waals surface area contributed by atoms with Gasteiger partial charge in [0.15, 0.2) is 11.5 Å². The minimum Gasteiger partial charge on any atom is -0.493 e. The van der Waals surface area contributed by atoms with Crippen LogP contribution in [0.5, 0.6) is 11.5 Å². The second-order valence-corrected chi connectivity index (χ2v) is 13.4. The number of nitrogens with two attached hydrogens (primary N) is 1. The molecule has 1 aliphatic carbocycles. The van der Waals surface area contributed by atoms with E-state index in [9.17, 15) is 9.90 Å². The Morgan fingerprint density at radius 3 is 2.30 bits per heavy atom. The van der Waals surface area contributed by atoms with Crippen LogP contribution in [0.1, 0.15) is 65.4 Å². The van der Waals surface area contributed by atoms with Gasteiger partial charge in [-0.15, -0.1) is 0 Å². The molecule has 6 atom stereocenters. The highest BCUT2D eigenvalue weighted by molar-refractivity contribution is 5.79. The quantitative estimate of drug-likeness (QED) is 0.213. The summed E-state index contributed by atoms with van der Waals surface area (Å²) in [6.45, 7) is 11.0. The van der Waals surface area contributed by atoms with Crippen molar-refractivity contribution in [1.29, 1.82) is 0 Å². The predicted molar refractivity (Wildman–Crippen MR) is 168 cm³/mol. The zero-order valence-electron chi connectivity index (χ0n) is 27.6. The van der Waals surface area contributed by atoms with E-state index in [1.54, 1.807) is 21.3 Å². The number of ether oxygens (including phenoxy) is 5. The van der Waals surface area contributed by atoms with E-state index in [1.165, 1.54) is 0 Å². The third-order valence-electron chi connectivity index (χ3n) is 9.58. The number of hydrogen-bond acceptors (Lipinski definition) is 8. The van der Waals surface area contributed by atoms with Crippen LogP contribution in [0, 0.1) is 35.5 Å². The summed E-state index contributed by atoms with van der Waals surface area (Å²) in [4.78, 5) is 13.6. The Morgan fingerprint density at radius 1 is 1.02 bits per heavy atom. The van der Waals surface area contributed by atoms with Crippen LogP contribution < -0.4 is 20.5 Å². The van der Waals surface area contributed by atoms with Crippen molar-refractivity contribution in [3.8, 4) is 11.5 Å². The van der Waals surface area contributed by atoms with Crippen molar-refractivity contribution < 1.29 is 33.6 Å². The lowest BCUT2D eigenvalue weighted by Gasteiger charge is -2.45. The molecule has 246 valence electrons. The van der Waals surface area contributed by atoms with Crippen molar-refractivity contribution in [3.63, 3.8) is 0 Å². The zero-order valence-corrected chi connectivity index (χ0v) is 27.6. The van der Waals surface area contributed by atoms with Crippen molar-refractivity contribution in [1.82, 2.24) is 5.32 Å². The maximum absolute atomic E-state index is 13.6. The molecule has 0 radical (unpaired) electrons. The molecule has 2 unspecified atom stereocenters. The first kappa shape index (κ1) is 35.6. The lowest BCUT2D eigenvalue weighted by Crippen LogP contribution is -2.57. The fraction of sp³-hybridized carbons (Fsp3) is 0.794. The number of aliphatic hydroxyl groups is 1. The normalized spacial score (nSPS) is 24.8. The van der Waals surface area contributed by atoms with E-state index in [0.717, 1.165) is 37.0 Å². The van der Waals surface area contributed by atoms with Crippen LogP contribution in [0.2, 0.25) is 0 Å². The van der Waals surface area contributed by atoms with Crippen molar-refractivity contribution >= 4 is 5.91 Å². The summed E-state index contributed by atoms with van der Waals surface area (Å²) in [6, 6.07) is 5.71. The van der Waals surface area contributed by atoms with Crippen LogP contribution in [-0.4, -0.2) is 83.1 Å². The second kappa shape index (κ2) is 17.5. The summed E-state index contributed by atoms with van der Waals surface area (Å²) in [5.41, 5.74) is 7.79. The summed E-state index contributed by atoms with van der Waals surface area (Å²) in [6.07, 6.45) is 3.83. The van der Waals surface area contributed by atoms with Gasteiger partial charge in [-0.3, -0.25) is 4.79 Å². The molecule has 1 saturated heterocycles. The molecule has 1 heterocycles. The number of carbonyl (C=O) groups excluding carboxylic acids is 1. The molecule has 1 saturated carbocycles. The van der Waals surface area contributed by atoms with E-state index >= 15 is 0 Å². The lowest BCUT2D eigenvalue weighted by atomic mass is 9.74. The van der Waals surface area contributed by atoms with Crippen molar-refractivity contribution in [2.75, 3.05) is 47.8 Å². The summed E-state index contributed by atoms with van der Waals surface area (Å²) in [7, 11) is 5.09. The van der Waals surface area contributed by atoms with Gasteiger partial charge in [-0.2, -0.15) is 0 Å². The molecule has 9 heteroatoms. The van der Waals surface area contributed by atoms with E-state index < -0.39 is 12.1 Å². The van der Waals surface area contributed by atoms with E-state index in [-0.39, 0.29) is 47.6 Å². The Labute approximate surface area is 259 Å². The average Bonchev–Trinajstić information content (AvgIpc) is 2.97. The zero-order chi connectivity index (χ0) is 31.5. The molecule has 3 rings (SSSR count).